The zero-order valence-electron chi connectivity index (χ0n) is 17.2. The Morgan fingerprint density at radius 3 is 2.48 bits per heavy atom. The highest BCUT2D eigenvalue weighted by Crippen LogP contribution is 2.26. The number of aryl methyl sites for hydroxylation is 1. The van der Waals surface area contributed by atoms with Gasteiger partial charge in [0.2, 0.25) is 0 Å². The van der Waals surface area contributed by atoms with Gasteiger partial charge in [-0.15, -0.1) is 0 Å². The first-order valence-electron chi connectivity index (χ1n) is 10.3. The van der Waals surface area contributed by atoms with Crippen LogP contribution in [0.2, 0.25) is 0 Å². The summed E-state index contributed by atoms with van der Waals surface area (Å²) in [6.07, 6.45) is 1.91. The van der Waals surface area contributed by atoms with E-state index in [1.54, 1.807) is 0 Å². The Labute approximate surface area is 172 Å². The molecule has 0 radical (unpaired) electrons. The van der Waals surface area contributed by atoms with Gasteiger partial charge in [-0.1, -0.05) is 55.5 Å². The van der Waals surface area contributed by atoms with Crippen LogP contribution < -0.4 is 14.8 Å². The Bertz CT molecular complexity index is 916. The van der Waals surface area contributed by atoms with Gasteiger partial charge in [-0.3, -0.25) is 4.79 Å². The Morgan fingerprint density at radius 1 is 0.966 bits per heavy atom. The highest BCUT2D eigenvalue weighted by Gasteiger charge is 2.18. The van der Waals surface area contributed by atoms with Gasteiger partial charge in [-0.05, 0) is 55.3 Å². The van der Waals surface area contributed by atoms with Gasteiger partial charge < -0.3 is 14.8 Å². The number of hydrogen-bond donors (Lipinski definition) is 1. The predicted octanol–water partition coefficient (Wildman–Crippen LogP) is 5.14. The van der Waals surface area contributed by atoms with Crippen LogP contribution in [-0.2, 0) is 11.2 Å². The molecule has 3 rings (SSSR count). The van der Waals surface area contributed by atoms with E-state index in [1.165, 1.54) is 5.56 Å². The van der Waals surface area contributed by atoms with Gasteiger partial charge in [0.25, 0.3) is 5.91 Å². The van der Waals surface area contributed by atoms with Crippen LogP contribution >= 0.6 is 0 Å². The number of carbonyl (C=O) groups is 1. The fourth-order valence-electron chi connectivity index (χ4n) is 3.31. The third-order valence-corrected chi connectivity index (χ3v) is 4.86. The summed E-state index contributed by atoms with van der Waals surface area (Å²) in [6.45, 7) is 5.24. The van der Waals surface area contributed by atoms with E-state index >= 15 is 0 Å². The number of amides is 1. The van der Waals surface area contributed by atoms with Gasteiger partial charge in [0.1, 0.15) is 11.5 Å². The van der Waals surface area contributed by atoms with Gasteiger partial charge in [0.15, 0.2) is 6.10 Å². The molecule has 0 saturated carbocycles. The number of nitrogens with one attached hydrogen (secondary N) is 1. The molecule has 3 aromatic rings. The summed E-state index contributed by atoms with van der Waals surface area (Å²) in [6, 6.07) is 22.1. The van der Waals surface area contributed by atoms with Crippen molar-refractivity contribution in [3.05, 3.63) is 72.3 Å². The summed E-state index contributed by atoms with van der Waals surface area (Å²) < 4.78 is 11.5. The number of ether oxygens (including phenoxy) is 2. The van der Waals surface area contributed by atoms with Crippen LogP contribution in [0.4, 0.5) is 0 Å². The molecule has 0 unspecified atom stereocenters. The molecular weight excluding hydrogens is 362 g/mol. The summed E-state index contributed by atoms with van der Waals surface area (Å²) in [5.41, 5.74) is 1.24. The van der Waals surface area contributed by atoms with Gasteiger partial charge in [0.05, 0.1) is 6.61 Å². The van der Waals surface area contributed by atoms with Crippen LogP contribution in [0.25, 0.3) is 10.8 Å². The van der Waals surface area contributed by atoms with Crippen molar-refractivity contribution in [2.45, 2.75) is 39.2 Å². The van der Waals surface area contributed by atoms with E-state index in [4.69, 9.17) is 9.47 Å². The molecule has 0 spiro atoms. The highest BCUT2D eigenvalue weighted by atomic mass is 16.5. The highest BCUT2D eigenvalue weighted by molar-refractivity contribution is 5.89. The second-order valence-corrected chi connectivity index (χ2v) is 6.96. The van der Waals surface area contributed by atoms with Crippen LogP contribution in [0, 0.1) is 0 Å². The van der Waals surface area contributed by atoms with Gasteiger partial charge in [-0.25, -0.2) is 0 Å². The van der Waals surface area contributed by atoms with E-state index in [0.29, 0.717) is 19.6 Å². The van der Waals surface area contributed by atoms with Gasteiger partial charge >= 0.3 is 0 Å². The number of hydrogen-bond acceptors (Lipinski definition) is 3. The smallest absolute Gasteiger partial charge is 0.261 e. The van der Waals surface area contributed by atoms with Crippen LogP contribution in [0.5, 0.6) is 11.5 Å². The first-order valence-corrected chi connectivity index (χ1v) is 10.3. The van der Waals surface area contributed by atoms with Crippen molar-refractivity contribution in [1.82, 2.24) is 5.32 Å². The second-order valence-electron chi connectivity index (χ2n) is 6.96. The molecule has 0 aliphatic carbocycles. The zero-order chi connectivity index (χ0) is 20.5. The monoisotopic (exact) mass is 391 g/mol. The maximum absolute atomic E-state index is 12.6. The maximum Gasteiger partial charge on any atom is 0.261 e. The van der Waals surface area contributed by atoms with E-state index in [0.717, 1.165) is 35.1 Å². The number of benzene rings is 3. The fraction of sp³-hybridized carbons (Fsp3) is 0.320. The number of carbonyl (C=O) groups excluding carboxylic acids is 1. The summed E-state index contributed by atoms with van der Waals surface area (Å²) in [5.74, 6) is 1.58. The number of fused-ring (bicyclic) bond motifs is 1. The Balaban J connectivity index is 1.49. The third-order valence-electron chi connectivity index (χ3n) is 4.86. The molecule has 0 aliphatic heterocycles. The summed E-state index contributed by atoms with van der Waals surface area (Å²) >= 11 is 0. The summed E-state index contributed by atoms with van der Waals surface area (Å²) in [4.78, 5) is 12.6. The SMILES string of the molecule is CCOc1ccc(CCCNC(=O)[C@@H](CC)Oc2cccc3ccccc23)cc1. The Hall–Kier alpha value is -3.01. The van der Waals surface area contributed by atoms with E-state index < -0.39 is 6.10 Å². The van der Waals surface area contributed by atoms with Crippen molar-refractivity contribution in [2.24, 2.45) is 0 Å². The lowest BCUT2D eigenvalue weighted by atomic mass is 10.1. The summed E-state index contributed by atoms with van der Waals surface area (Å²) in [5, 5.41) is 5.15. The molecule has 1 atom stereocenters. The van der Waals surface area contributed by atoms with Crippen LogP contribution in [0.3, 0.4) is 0 Å². The molecule has 3 aromatic carbocycles. The second kappa shape index (κ2) is 10.5. The lowest BCUT2D eigenvalue weighted by Gasteiger charge is -2.18. The third kappa shape index (κ3) is 5.74. The molecule has 1 N–H and O–H groups in total. The molecule has 4 nitrogen and oxygen atoms in total. The molecule has 0 fully saturated rings. The number of rotatable bonds is 10. The molecule has 1 amide bonds. The Morgan fingerprint density at radius 2 is 1.72 bits per heavy atom. The van der Waals surface area contributed by atoms with Gasteiger partial charge in [-0.2, -0.15) is 0 Å². The molecule has 4 heteroatoms. The van der Waals surface area contributed by atoms with E-state index in [-0.39, 0.29) is 5.91 Å². The molecule has 0 saturated heterocycles. The van der Waals surface area contributed by atoms with Crippen molar-refractivity contribution < 1.29 is 14.3 Å². The lowest BCUT2D eigenvalue weighted by Crippen LogP contribution is -2.38. The predicted molar refractivity (Wildman–Crippen MR) is 118 cm³/mol. The minimum Gasteiger partial charge on any atom is -0.494 e. The van der Waals surface area contributed by atoms with Crippen LogP contribution in [0.1, 0.15) is 32.3 Å². The van der Waals surface area contributed by atoms with Crippen LogP contribution in [-0.4, -0.2) is 25.2 Å². The molecule has 29 heavy (non-hydrogen) atoms. The first-order chi connectivity index (χ1) is 14.2. The van der Waals surface area contributed by atoms with E-state index in [9.17, 15) is 4.79 Å². The molecule has 0 bridgehead atoms. The van der Waals surface area contributed by atoms with E-state index in [1.807, 2.05) is 68.4 Å². The van der Waals surface area contributed by atoms with Crippen molar-refractivity contribution in [2.75, 3.05) is 13.2 Å². The van der Waals surface area contributed by atoms with Crippen molar-refractivity contribution in [3.8, 4) is 11.5 Å². The largest absolute Gasteiger partial charge is 0.494 e. The molecule has 0 aromatic heterocycles. The normalized spacial score (nSPS) is 11.8. The van der Waals surface area contributed by atoms with Gasteiger partial charge in [0, 0.05) is 11.9 Å². The molecule has 0 heterocycles. The lowest BCUT2D eigenvalue weighted by molar-refractivity contribution is -0.128. The first kappa shape index (κ1) is 20.7. The molecule has 0 aliphatic rings. The van der Waals surface area contributed by atoms with Crippen molar-refractivity contribution >= 4 is 16.7 Å². The maximum atomic E-state index is 12.6. The standard InChI is InChI=1S/C25H29NO3/c1-3-23(29-24-13-7-11-20-10-5-6-12-22(20)24)25(27)26-18-8-9-19-14-16-21(17-15-19)28-4-2/h5-7,10-17,23H,3-4,8-9,18H2,1-2H3,(H,26,27)/t23-/m1/s1. The minimum absolute atomic E-state index is 0.0628. The average molecular weight is 392 g/mol. The minimum atomic E-state index is -0.494. The average Bonchev–Trinajstić information content (AvgIpc) is 2.76. The van der Waals surface area contributed by atoms with E-state index in [2.05, 4.69) is 17.4 Å². The molecule has 152 valence electrons. The van der Waals surface area contributed by atoms with Crippen LogP contribution in [0.15, 0.2) is 66.7 Å². The molecular formula is C25H29NO3. The van der Waals surface area contributed by atoms with Crippen molar-refractivity contribution in [3.63, 3.8) is 0 Å². The Kier molecular flexibility index (Phi) is 7.51. The topological polar surface area (TPSA) is 47.6 Å². The zero-order valence-corrected chi connectivity index (χ0v) is 17.2. The van der Waals surface area contributed by atoms with Crippen molar-refractivity contribution in [1.29, 1.82) is 0 Å². The quantitative estimate of drug-likeness (QED) is 0.487. The fourth-order valence-corrected chi connectivity index (χ4v) is 3.31. The summed E-state index contributed by atoms with van der Waals surface area (Å²) in [7, 11) is 0.